The average Bonchev–Trinajstić information content (AvgIpc) is 3.06. The molecule has 1 N–H and O–H groups in total. The average molecular weight is 281 g/mol. The van der Waals surface area contributed by atoms with Crippen LogP contribution in [0.5, 0.6) is 0 Å². The molecule has 102 valence electrons. The Bertz CT molecular complexity index is 516. The third-order valence-electron chi connectivity index (χ3n) is 3.95. The second-order valence-corrected chi connectivity index (χ2v) is 5.95. The SMILES string of the molecule is O=C(c1csc([N+](=O)[O-])c1)N1CCCC2CNCC21. The van der Waals surface area contributed by atoms with Gasteiger partial charge in [0.15, 0.2) is 0 Å². The summed E-state index contributed by atoms with van der Waals surface area (Å²) in [5.41, 5.74) is 0.448. The Morgan fingerprint density at radius 1 is 1.53 bits per heavy atom. The monoisotopic (exact) mass is 281 g/mol. The van der Waals surface area contributed by atoms with Gasteiger partial charge in [0.1, 0.15) is 0 Å². The highest BCUT2D eigenvalue weighted by molar-refractivity contribution is 7.13. The van der Waals surface area contributed by atoms with Crippen molar-refractivity contribution < 1.29 is 9.72 Å². The number of rotatable bonds is 2. The first-order valence-corrected chi connectivity index (χ1v) is 7.29. The van der Waals surface area contributed by atoms with E-state index in [1.54, 1.807) is 5.38 Å². The highest BCUT2D eigenvalue weighted by Gasteiger charge is 2.38. The molecule has 0 spiro atoms. The summed E-state index contributed by atoms with van der Waals surface area (Å²) in [6.07, 6.45) is 2.17. The van der Waals surface area contributed by atoms with Crippen LogP contribution in [0, 0.1) is 16.0 Å². The van der Waals surface area contributed by atoms with Gasteiger partial charge in [0.05, 0.1) is 10.5 Å². The van der Waals surface area contributed by atoms with Crippen molar-refractivity contribution in [3.8, 4) is 0 Å². The van der Waals surface area contributed by atoms with Crippen molar-refractivity contribution in [1.82, 2.24) is 10.2 Å². The lowest BCUT2D eigenvalue weighted by molar-refractivity contribution is -0.380. The van der Waals surface area contributed by atoms with Gasteiger partial charge in [-0.2, -0.15) is 0 Å². The second-order valence-electron chi connectivity index (χ2n) is 5.06. The number of nitrogens with one attached hydrogen (secondary N) is 1. The lowest BCUT2D eigenvalue weighted by Gasteiger charge is -2.36. The zero-order valence-corrected chi connectivity index (χ0v) is 11.2. The van der Waals surface area contributed by atoms with Crippen LogP contribution in [0.15, 0.2) is 11.4 Å². The number of amides is 1. The quantitative estimate of drug-likeness (QED) is 0.658. The minimum absolute atomic E-state index is 0.0291. The lowest BCUT2D eigenvalue weighted by atomic mass is 9.91. The molecule has 6 nitrogen and oxygen atoms in total. The fourth-order valence-electron chi connectivity index (χ4n) is 3.02. The van der Waals surface area contributed by atoms with E-state index in [1.165, 1.54) is 6.07 Å². The maximum atomic E-state index is 12.5. The van der Waals surface area contributed by atoms with Gasteiger partial charge in [0.25, 0.3) is 5.91 Å². The van der Waals surface area contributed by atoms with E-state index in [0.29, 0.717) is 11.5 Å². The van der Waals surface area contributed by atoms with Crippen LogP contribution in [0.1, 0.15) is 23.2 Å². The molecule has 1 amide bonds. The summed E-state index contributed by atoms with van der Waals surface area (Å²) in [5.74, 6) is 0.467. The molecule has 3 rings (SSSR count). The van der Waals surface area contributed by atoms with Gasteiger partial charge >= 0.3 is 5.00 Å². The molecule has 2 saturated heterocycles. The van der Waals surface area contributed by atoms with Crippen molar-refractivity contribution in [2.75, 3.05) is 19.6 Å². The van der Waals surface area contributed by atoms with Crippen LogP contribution in [0.2, 0.25) is 0 Å². The zero-order chi connectivity index (χ0) is 13.4. The van der Waals surface area contributed by atoms with Crippen LogP contribution in [0.25, 0.3) is 0 Å². The highest BCUT2D eigenvalue weighted by atomic mass is 32.1. The molecular formula is C12H15N3O3S. The van der Waals surface area contributed by atoms with Crippen LogP contribution < -0.4 is 5.32 Å². The van der Waals surface area contributed by atoms with E-state index in [-0.39, 0.29) is 17.0 Å². The Hall–Kier alpha value is -1.47. The first-order chi connectivity index (χ1) is 9.16. The molecule has 19 heavy (non-hydrogen) atoms. The van der Waals surface area contributed by atoms with Gasteiger partial charge in [-0.15, -0.1) is 0 Å². The third-order valence-corrected chi connectivity index (χ3v) is 4.83. The Morgan fingerprint density at radius 3 is 3.11 bits per heavy atom. The number of hydrogen-bond acceptors (Lipinski definition) is 5. The van der Waals surface area contributed by atoms with Crippen LogP contribution in [0.4, 0.5) is 5.00 Å². The Labute approximate surface area is 114 Å². The summed E-state index contributed by atoms with van der Waals surface area (Å²) < 4.78 is 0. The van der Waals surface area contributed by atoms with Gasteiger partial charge in [-0.25, -0.2) is 0 Å². The Morgan fingerprint density at radius 2 is 2.37 bits per heavy atom. The molecule has 1 aromatic heterocycles. The number of piperidine rings is 1. The zero-order valence-electron chi connectivity index (χ0n) is 10.4. The molecule has 0 aliphatic carbocycles. The molecule has 0 radical (unpaired) electrons. The fraction of sp³-hybridized carbons (Fsp3) is 0.583. The molecule has 2 fully saturated rings. The van der Waals surface area contributed by atoms with E-state index in [4.69, 9.17) is 0 Å². The van der Waals surface area contributed by atoms with E-state index < -0.39 is 4.92 Å². The molecule has 7 heteroatoms. The van der Waals surface area contributed by atoms with Gasteiger partial charge < -0.3 is 10.2 Å². The lowest BCUT2D eigenvalue weighted by Crippen LogP contribution is -2.48. The summed E-state index contributed by atoms with van der Waals surface area (Å²) in [4.78, 5) is 24.6. The van der Waals surface area contributed by atoms with E-state index in [0.717, 1.165) is 43.8 Å². The second kappa shape index (κ2) is 4.90. The number of carbonyl (C=O) groups is 1. The van der Waals surface area contributed by atoms with Crippen molar-refractivity contribution in [2.24, 2.45) is 5.92 Å². The topological polar surface area (TPSA) is 75.5 Å². The maximum absolute atomic E-state index is 12.5. The highest BCUT2D eigenvalue weighted by Crippen LogP contribution is 2.30. The molecule has 1 aromatic rings. The number of hydrogen-bond donors (Lipinski definition) is 1. The Balaban J connectivity index is 1.80. The molecule has 2 unspecified atom stereocenters. The van der Waals surface area contributed by atoms with Gasteiger partial charge in [-0.05, 0) is 18.8 Å². The minimum Gasteiger partial charge on any atom is -0.334 e. The van der Waals surface area contributed by atoms with E-state index in [1.807, 2.05) is 4.90 Å². The summed E-state index contributed by atoms with van der Waals surface area (Å²) >= 11 is 1.01. The van der Waals surface area contributed by atoms with Gasteiger partial charge in [0, 0.05) is 37.1 Å². The summed E-state index contributed by atoms with van der Waals surface area (Å²) in [6, 6.07) is 1.64. The van der Waals surface area contributed by atoms with Crippen LogP contribution >= 0.6 is 11.3 Å². The smallest absolute Gasteiger partial charge is 0.324 e. The fourth-order valence-corrected chi connectivity index (χ4v) is 3.72. The first-order valence-electron chi connectivity index (χ1n) is 6.41. The number of fused-ring (bicyclic) bond motifs is 1. The molecule has 2 aliphatic rings. The predicted octanol–water partition coefficient (Wildman–Crippen LogP) is 1.48. The van der Waals surface area contributed by atoms with Crippen molar-refractivity contribution in [3.05, 3.63) is 27.1 Å². The number of carbonyl (C=O) groups excluding carboxylic acids is 1. The Kier molecular flexibility index (Phi) is 3.24. The van der Waals surface area contributed by atoms with Crippen molar-refractivity contribution >= 4 is 22.2 Å². The van der Waals surface area contributed by atoms with Gasteiger partial charge in [-0.3, -0.25) is 14.9 Å². The normalized spacial score (nSPS) is 26.2. The summed E-state index contributed by atoms with van der Waals surface area (Å²) in [5, 5.41) is 15.6. The number of likely N-dealkylation sites (tertiary alicyclic amines) is 1. The molecule has 0 bridgehead atoms. The standard InChI is InChI=1S/C12H15N3O3S/c16-12(9-4-11(15(17)18)19-7-9)14-3-1-2-8-5-13-6-10(8)14/h4,7-8,10,13H,1-3,5-6H2. The van der Waals surface area contributed by atoms with E-state index >= 15 is 0 Å². The van der Waals surface area contributed by atoms with Crippen molar-refractivity contribution in [1.29, 1.82) is 0 Å². The third kappa shape index (κ3) is 2.23. The van der Waals surface area contributed by atoms with Crippen molar-refractivity contribution in [3.63, 3.8) is 0 Å². The number of nitro groups is 1. The predicted molar refractivity (Wildman–Crippen MR) is 71.4 cm³/mol. The molecule has 0 aromatic carbocycles. The molecular weight excluding hydrogens is 266 g/mol. The number of thiophene rings is 1. The van der Waals surface area contributed by atoms with Gasteiger partial charge in [0.2, 0.25) is 0 Å². The van der Waals surface area contributed by atoms with Gasteiger partial charge in [-0.1, -0.05) is 11.3 Å². The molecule has 2 aliphatic heterocycles. The molecule has 2 atom stereocenters. The van der Waals surface area contributed by atoms with Crippen molar-refractivity contribution in [2.45, 2.75) is 18.9 Å². The van der Waals surface area contributed by atoms with E-state index in [9.17, 15) is 14.9 Å². The number of nitrogens with zero attached hydrogens (tertiary/aromatic N) is 2. The maximum Gasteiger partial charge on any atom is 0.324 e. The largest absolute Gasteiger partial charge is 0.334 e. The first kappa shape index (κ1) is 12.6. The summed E-state index contributed by atoms with van der Waals surface area (Å²) in [7, 11) is 0. The minimum atomic E-state index is -0.447. The molecule has 3 heterocycles. The van der Waals surface area contributed by atoms with Crippen LogP contribution in [-0.4, -0.2) is 41.4 Å². The van der Waals surface area contributed by atoms with Crippen LogP contribution in [0.3, 0.4) is 0 Å². The van der Waals surface area contributed by atoms with Crippen LogP contribution in [-0.2, 0) is 0 Å². The molecule has 0 saturated carbocycles. The summed E-state index contributed by atoms with van der Waals surface area (Å²) in [6.45, 7) is 2.56. The van der Waals surface area contributed by atoms with E-state index in [2.05, 4.69) is 5.32 Å².